The van der Waals surface area contributed by atoms with Gasteiger partial charge in [-0.15, -0.1) is 0 Å². The molecule has 2 amide bonds. The first-order valence-corrected chi connectivity index (χ1v) is 8.16. The standard InChI is InChI=1S/C17H28N4O2/c1-19(2)9-6-10-20-11-13-21(14-12-20)17(22)18-15-7-4-5-8-16(15)23-3/h4-5,7-8H,6,9-14H2,1-3H3,(H,18,22). The Morgan fingerprint density at radius 3 is 2.57 bits per heavy atom. The van der Waals surface area contributed by atoms with Crippen molar-refractivity contribution in [1.29, 1.82) is 0 Å². The van der Waals surface area contributed by atoms with Gasteiger partial charge in [-0.2, -0.15) is 0 Å². The van der Waals surface area contributed by atoms with Crippen molar-refractivity contribution >= 4 is 11.7 Å². The van der Waals surface area contributed by atoms with Crippen molar-refractivity contribution in [3.63, 3.8) is 0 Å². The zero-order chi connectivity index (χ0) is 16.7. The quantitative estimate of drug-likeness (QED) is 0.868. The van der Waals surface area contributed by atoms with Crippen LogP contribution in [0.25, 0.3) is 0 Å². The third-order valence-electron chi connectivity index (χ3n) is 4.09. The van der Waals surface area contributed by atoms with Gasteiger partial charge in [0.1, 0.15) is 5.75 Å². The highest BCUT2D eigenvalue weighted by atomic mass is 16.5. The number of amides is 2. The number of carbonyl (C=O) groups is 1. The number of benzene rings is 1. The Bertz CT molecular complexity index is 499. The fourth-order valence-corrected chi connectivity index (χ4v) is 2.73. The van der Waals surface area contributed by atoms with Gasteiger partial charge in [-0.05, 0) is 45.7 Å². The first-order chi connectivity index (χ1) is 11.1. The van der Waals surface area contributed by atoms with Crippen molar-refractivity contribution in [2.75, 3.05) is 65.8 Å². The zero-order valence-corrected chi connectivity index (χ0v) is 14.4. The molecule has 0 aliphatic carbocycles. The molecular formula is C17H28N4O2. The zero-order valence-electron chi connectivity index (χ0n) is 14.4. The summed E-state index contributed by atoms with van der Waals surface area (Å²) < 4.78 is 5.27. The van der Waals surface area contributed by atoms with Gasteiger partial charge in [-0.1, -0.05) is 12.1 Å². The maximum absolute atomic E-state index is 12.4. The minimum atomic E-state index is -0.0533. The molecule has 1 aliphatic heterocycles. The average molecular weight is 320 g/mol. The molecule has 0 bridgehead atoms. The van der Waals surface area contributed by atoms with Crippen LogP contribution in [0.15, 0.2) is 24.3 Å². The van der Waals surface area contributed by atoms with Crippen molar-refractivity contribution in [2.45, 2.75) is 6.42 Å². The predicted octanol–water partition coefficient (Wildman–Crippen LogP) is 1.80. The number of rotatable bonds is 6. The molecule has 0 aromatic heterocycles. The molecule has 1 N–H and O–H groups in total. The van der Waals surface area contributed by atoms with Gasteiger partial charge in [0.2, 0.25) is 0 Å². The molecule has 1 aliphatic rings. The number of urea groups is 1. The molecule has 1 saturated heterocycles. The number of piperazine rings is 1. The SMILES string of the molecule is COc1ccccc1NC(=O)N1CCN(CCCN(C)C)CC1. The number of ether oxygens (including phenoxy) is 1. The normalized spacial score (nSPS) is 15.7. The Labute approximate surface area is 139 Å². The van der Waals surface area contributed by atoms with Crippen molar-refractivity contribution in [3.05, 3.63) is 24.3 Å². The predicted molar refractivity (Wildman–Crippen MR) is 93.2 cm³/mol. The minimum Gasteiger partial charge on any atom is -0.495 e. The number of hydrogen-bond donors (Lipinski definition) is 1. The van der Waals surface area contributed by atoms with Crippen LogP contribution in [0.3, 0.4) is 0 Å². The van der Waals surface area contributed by atoms with E-state index in [-0.39, 0.29) is 6.03 Å². The second-order valence-electron chi connectivity index (χ2n) is 6.12. The van der Waals surface area contributed by atoms with E-state index in [4.69, 9.17) is 4.74 Å². The van der Waals surface area contributed by atoms with Crippen LogP contribution in [0, 0.1) is 0 Å². The number of nitrogens with one attached hydrogen (secondary N) is 1. The molecule has 1 aromatic carbocycles. The lowest BCUT2D eigenvalue weighted by atomic mass is 10.2. The van der Waals surface area contributed by atoms with Crippen LogP contribution in [0.4, 0.5) is 10.5 Å². The van der Waals surface area contributed by atoms with Gasteiger partial charge < -0.3 is 19.9 Å². The number of carbonyl (C=O) groups excluding carboxylic acids is 1. The second-order valence-corrected chi connectivity index (χ2v) is 6.12. The van der Waals surface area contributed by atoms with Gasteiger partial charge in [-0.3, -0.25) is 4.90 Å². The Morgan fingerprint density at radius 1 is 1.22 bits per heavy atom. The van der Waals surface area contributed by atoms with E-state index in [1.54, 1.807) is 7.11 Å². The van der Waals surface area contributed by atoms with E-state index >= 15 is 0 Å². The molecule has 0 unspecified atom stereocenters. The van der Waals surface area contributed by atoms with Gasteiger partial charge in [0.15, 0.2) is 0 Å². The average Bonchev–Trinajstić information content (AvgIpc) is 2.55. The Hall–Kier alpha value is -1.79. The van der Waals surface area contributed by atoms with Gasteiger partial charge in [0.05, 0.1) is 12.8 Å². The molecule has 0 spiro atoms. The fraction of sp³-hybridized carbons (Fsp3) is 0.588. The number of nitrogens with zero attached hydrogens (tertiary/aromatic N) is 3. The van der Waals surface area contributed by atoms with Crippen LogP contribution in [-0.2, 0) is 0 Å². The second kappa shape index (κ2) is 8.74. The number of anilines is 1. The summed E-state index contributed by atoms with van der Waals surface area (Å²) >= 11 is 0. The van der Waals surface area contributed by atoms with Gasteiger partial charge in [0.25, 0.3) is 0 Å². The maximum Gasteiger partial charge on any atom is 0.322 e. The van der Waals surface area contributed by atoms with E-state index < -0.39 is 0 Å². The molecule has 23 heavy (non-hydrogen) atoms. The summed E-state index contributed by atoms with van der Waals surface area (Å²) in [7, 11) is 5.80. The van der Waals surface area contributed by atoms with Crippen LogP contribution < -0.4 is 10.1 Å². The number of para-hydroxylation sites is 2. The molecule has 1 heterocycles. The minimum absolute atomic E-state index is 0.0533. The summed E-state index contributed by atoms with van der Waals surface area (Å²) in [6.45, 7) is 5.61. The Kier molecular flexibility index (Phi) is 6.67. The Balaban J connectivity index is 1.77. The highest BCUT2D eigenvalue weighted by Gasteiger charge is 2.21. The van der Waals surface area contributed by atoms with Crippen molar-refractivity contribution in [3.8, 4) is 5.75 Å². The number of hydrogen-bond acceptors (Lipinski definition) is 4. The largest absolute Gasteiger partial charge is 0.495 e. The van der Waals surface area contributed by atoms with Crippen LogP contribution in [0.5, 0.6) is 5.75 Å². The molecule has 0 atom stereocenters. The molecule has 2 rings (SSSR count). The third-order valence-corrected chi connectivity index (χ3v) is 4.09. The van der Waals surface area contributed by atoms with E-state index in [0.717, 1.165) is 39.3 Å². The van der Waals surface area contributed by atoms with Crippen LogP contribution >= 0.6 is 0 Å². The third kappa shape index (κ3) is 5.41. The topological polar surface area (TPSA) is 48.1 Å². The van der Waals surface area contributed by atoms with Crippen molar-refractivity contribution < 1.29 is 9.53 Å². The van der Waals surface area contributed by atoms with E-state index in [1.165, 1.54) is 6.42 Å². The molecule has 6 heteroatoms. The molecule has 6 nitrogen and oxygen atoms in total. The summed E-state index contributed by atoms with van der Waals surface area (Å²) in [4.78, 5) is 18.9. The highest BCUT2D eigenvalue weighted by Crippen LogP contribution is 2.23. The summed E-state index contributed by atoms with van der Waals surface area (Å²) in [5.41, 5.74) is 0.716. The molecule has 0 saturated carbocycles. The van der Waals surface area contributed by atoms with E-state index in [0.29, 0.717) is 11.4 Å². The molecule has 0 radical (unpaired) electrons. The lowest BCUT2D eigenvalue weighted by Crippen LogP contribution is -2.50. The van der Waals surface area contributed by atoms with Crippen LogP contribution in [0.1, 0.15) is 6.42 Å². The number of methoxy groups -OCH3 is 1. The van der Waals surface area contributed by atoms with Crippen molar-refractivity contribution in [2.24, 2.45) is 0 Å². The highest BCUT2D eigenvalue weighted by molar-refractivity contribution is 5.91. The smallest absolute Gasteiger partial charge is 0.322 e. The van der Waals surface area contributed by atoms with E-state index in [9.17, 15) is 4.79 Å². The summed E-state index contributed by atoms with van der Waals surface area (Å²) in [6.07, 6.45) is 1.17. The monoisotopic (exact) mass is 320 g/mol. The molecule has 128 valence electrons. The molecular weight excluding hydrogens is 292 g/mol. The van der Waals surface area contributed by atoms with Crippen LogP contribution in [-0.4, -0.2) is 81.2 Å². The van der Waals surface area contributed by atoms with Crippen LogP contribution in [0.2, 0.25) is 0 Å². The van der Waals surface area contributed by atoms with Gasteiger partial charge >= 0.3 is 6.03 Å². The lowest BCUT2D eigenvalue weighted by molar-refractivity contribution is 0.144. The first kappa shape index (κ1) is 17.6. The fourth-order valence-electron chi connectivity index (χ4n) is 2.73. The van der Waals surface area contributed by atoms with E-state index in [1.807, 2.05) is 29.2 Å². The maximum atomic E-state index is 12.4. The summed E-state index contributed by atoms with van der Waals surface area (Å²) in [5, 5.41) is 2.94. The summed E-state index contributed by atoms with van der Waals surface area (Å²) in [5.74, 6) is 0.683. The Morgan fingerprint density at radius 2 is 1.91 bits per heavy atom. The van der Waals surface area contributed by atoms with E-state index in [2.05, 4.69) is 29.2 Å². The van der Waals surface area contributed by atoms with Gasteiger partial charge in [0, 0.05) is 26.2 Å². The molecule has 1 aromatic rings. The first-order valence-electron chi connectivity index (χ1n) is 8.16. The molecule has 1 fully saturated rings. The lowest BCUT2D eigenvalue weighted by Gasteiger charge is -2.34. The summed E-state index contributed by atoms with van der Waals surface area (Å²) in [6, 6.07) is 7.43. The van der Waals surface area contributed by atoms with Crippen molar-refractivity contribution in [1.82, 2.24) is 14.7 Å². The van der Waals surface area contributed by atoms with Gasteiger partial charge in [-0.25, -0.2) is 4.79 Å².